The predicted octanol–water partition coefficient (Wildman–Crippen LogP) is 0.627. The SMILES string of the molecule is C=C(C)C(=O)OCCOCC(C)(CO)COCCOO. The smallest absolute Gasteiger partial charge is 0.333 e. The Bertz CT molecular complexity index is 292. The number of aliphatic hydroxyl groups excluding tert-OH is 1. The van der Waals surface area contributed by atoms with Crippen LogP contribution in [0.4, 0.5) is 0 Å². The summed E-state index contributed by atoms with van der Waals surface area (Å²) in [5.74, 6) is -0.453. The zero-order valence-corrected chi connectivity index (χ0v) is 12.1. The number of hydrogen-bond acceptors (Lipinski definition) is 7. The van der Waals surface area contributed by atoms with E-state index in [-0.39, 0.29) is 46.2 Å². The highest BCUT2D eigenvalue weighted by Crippen LogP contribution is 2.16. The van der Waals surface area contributed by atoms with E-state index >= 15 is 0 Å². The number of carbonyl (C=O) groups excluding carboxylic acids is 1. The van der Waals surface area contributed by atoms with Gasteiger partial charge in [-0.25, -0.2) is 9.68 Å². The Hall–Kier alpha value is -0.990. The number of rotatable bonds is 12. The summed E-state index contributed by atoms with van der Waals surface area (Å²) >= 11 is 0. The highest BCUT2D eigenvalue weighted by molar-refractivity contribution is 5.86. The van der Waals surface area contributed by atoms with Crippen LogP contribution in [0.1, 0.15) is 13.8 Å². The lowest BCUT2D eigenvalue weighted by Gasteiger charge is -2.26. The van der Waals surface area contributed by atoms with Crippen molar-refractivity contribution in [3.05, 3.63) is 12.2 Å². The first-order valence-electron chi connectivity index (χ1n) is 6.30. The molecule has 0 aliphatic heterocycles. The van der Waals surface area contributed by atoms with E-state index in [1.54, 1.807) is 13.8 Å². The molecule has 0 aliphatic carbocycles. The molecule has 0 aromatic rings. The van der Waals surface area contributed by atoms with Gasteiger partial charge in [-0.05, 0) is 6.92 Å². The van der Waals surface area contributed by atoms with Gasteiger partial charge in [0.15, 0.2) is 0 Å². The molecule has 118 valence electrons. The number of aliphatic hydroxyl groups is 1. The van der Waals surface area contributed by atoms with Crippen LogP contribution in [-0.2, 0) is 23.9 Å². The van der Waals surface area contributed by atoms with Gasteiger partial charge < -0.3 is 19.3 Å². The van der Waals surface area contributed by atoms with E-state index in [1.807, 2.05) is 0 Å². The highest BCUT2D eigenvalue weighted by atomic mass is 17.1. The minimum Gasteiger partial charge on any atom is -0.460 e. The van der Waals surface area contributed by atoms with Crippen LogP contribution in [0.5, 0.6) is 0 Å². The van der Waals surface area contributed by atoms with E-state index in [0.717, 1.165) is 0 Å². The van der Waals surface area contributed by atoms with Gasteiger partial charge in [0.1, 0.15) is 13.2 Å². The molecule has 0 fully saturated rings. The van der Waals surface area contributed by atoms with Crippen LogP contribution in [0.2, 0.25) is 0 Å². The fraction of sp³-hybridized carbons (Fsp3) is 0.769. The first-order chi connectivity index (χ1) is 9.45. The van der Waals surface area contributed by atoms with Crippen LogP contribution in [0.15, 0.2) is 12.2 Å². The lowest BCUT2D eigenvalue weighted by molar-refractivity contribution is -0.250. The molecule has 20 heavy (non-hydrogen) atoms. The van der Waals surface area contributed by atoms with Gasteiger partial charge in [0, 0.05) is 11.0 Å². The van der Waals surface area contributed by atoms with Gasteiger partial charge in [-0.2, -0.15) is 0 Å². The molecule has 2 N–H and O–H groups in total. The number of hydrogen-bond donors (Lipinski definition) is 2. The predicted molar refractivity (Wildman–Crippen MR) is 71.2 cm³/mol. The Kier molecular flexibility index (Phi) is 10.2. The molecule has 7 nitrogen and oxygen atoms in total. The monoisotopic (exact) mass is 292 g/mol. The number of esters is 1. The molecule has 0 spiro atoms. The molecule has 1 atom stereocenters. The highest BCUT2D eigenvalue weighted by Gasteiger charge is 2.24. The summed E-state index contributed by atoms with van der Waals surface area (Å²) in [5, 5.41) is 17.5. The fourth-order valence-electron chi connectivity index (χ4n) is 1.18. The Labute approximate surface area is 119 Å². The molecule has 7 heteroatoms. The Morgan fingerprint density at radius 3 is 2.15 bits per heavy atom. The summed E-state index contributed by atoms with van der Waals surface area (Å²) in [6.07, 6.45) is 0. The van der Waals surface area contributed by atoms with Crippen molar-refractivity contribution in [2.24, 2.45) is 5.41 Å². The molecule has 0 radical (unpaired) electrons. The average Bonchev–Trinajstić information content (AvgIpc) is 2.43. The summed E-state index contributed by atoms with van der Waals surface area (Å²) in [6.45, 7) is 7.89. The average molecular weight is 292 g/mol. The lowest BCUT2D eigenvalue weighted by Crippen LogP contribution is -2.34. The number of carbonyl (C=O) groups is 1. The second-order valence-electron chi connectivity index (χ2n) is 4.82. The maximum absolute atomic E-state index is 11.1. The summed E-state index contributed by atoms with van der Waals surface area (Å²) in [6, 6.07) is 0. The first kappa shape index (κ1) is 19.0. The van der Waals surface area contributed by atoms with Crippen LogP contribution in [0, 0.1) is 5.41 Å². The zero-order valence-electron chi connectivity index (χ0n) is 12.1. The minimum atomic E-state index is -0.562. The minimum absolute atomic E-state index is 0.0687. The Morgan fingerprint density at radius 1 is 1.15 bits per heavy atom. The van der Waals surface area contributed by atoms with E-state index in [2.05, 4.69) is 11.5 Å². The van der Waals surface area contributed by atoms with Gasteiger partial charge in [-0.1, -0.05) is 13.5 Å². The van der Waals surface area contributed by atoms with Gasteiger partial charge in [-0.3, -0.25) is 5.26 Å². The first-order valence-corrected chi connectivity index (χ1v) is 6.30. The maximum atomic E-state index is 11.1. The second-order valence-corrected chi connectivity index (χ2v) is 4.82. The van der Waals surface area contributed by atoms with Crippen molar-refractivity contribution >= 4 is 5.97 Å². The van der Waals surface area contributed by atoms with Crippen molar-refractivity contribution in [2.75, 3.05) is 46.2 Å². The van der Waals surface area contributed by atoms with Gasteiger partial charge in [0.05, 0.1) is 33.0 Å². The van der Waals surface area contributed by atoms with Gasteiger partial charge in [0.2, 0.25) is 0 Å². The molecule has 0 amide bonds. The summed E-state index contributed by atoms with van der Waals surface area (Å²) in [4.78, 5) is 15.0. The summed E-state index contributed by atoms with van der Waals surface area (Å²) < 4.78 is 15.4. The Balaban J connectivity index is 3.77. The van der Waals surface area contributed by atoms with Crippen LogP contribution in [-0.4, -0.2) is 62.6 Å². The normalized spacial score (nSPS) is 13.8. The Morgan fingerprint density at radius 2 is 1.70 bits per heavy atom. The molecule has 0 saturated heterocycles. The summed E-state index contributed by atoms with van der Waals surface area (Å²) in [7, 11) is 0. The van der Waals surface area contributed by atoms with E-state index in [0.29, 0.717) is 5.57 Å². The van der Waals surface area contributed by atoms with Gasteiger partial charge in [0.25, 0.3) is 0 Å². The molecule has 0 aromatic carbocycles. The topological polar surface area (TPSA) is 94.5 Å². The van der Waals surface area contributed by atoms with Gasteiger partial charge >= 0.3 is 5.97 Å². The van der Waals surface area contributed by atoms with Gasteiger partial charge in [-0.15, -0.1) is 0 Å². The third-order valence-electron chi connectivity index (χ3n) is 2.41. The fourth-order valence-corrected chi connectivity index (χ4v) is 1.18. The molecular formula is C13H24O7. The van der Waals surface area contributed by atoms with Crippen molar-refractivity contribution in [3.63, 3.8) is 0 Å². The standard InChI is InChI=1S/C13H24O7/c1-11(2)12(15)19-6-4-17-9-13(3,8-14)10-18-5-7-20-16/h14,16H,1,4-10H2,2-3H3. The largest absolute Gasteiger partial charge is 0.460 e. The van der Waals surface area contributed by atoms with E-state index in [4.69, 9.17) is 19.5 Å². The molecule has 0 aliphatic rings. The molecule has 0 aromatic heterocycles. The quantitative estimate of drug-likeness (QED) is 0.179. The van der Waals surface area contributed by atoms with E-state index in [1.165, 1.54) is 0 Å². The van der Waals surface area contributed by atoms with Crippen LogP contribution in [0.3, 0.4) is 0 Å². The van der Waals surface area contributed by atoms with Crippen LogP contribution in [0.25, 0.3) is 0 Å². The maximum Gasteiger partial charge on any atom is 0.333 e. The molecule has 0 heterocycles. The molecule has 0 saturated carbocycles. The zero-order chi connectivity index (χ0) is 15.4. The molecule has 0 bridgehead atoms. The van der Waals surface area contributed by atoms with E-state index in [9.17, 15) is 9.90 Å². The summed E-state index contributed by atoms with van der Waals surface area (Å²) in [5.41, 5.74) is -0.224. The second kappa shape index (κ2) is 10.8. The molecular weight excluding hydrogens is 268 g/mol. The third kappa shape index (κ3) is 9.00. The van der Waals surface area contributed by atoms with Crippen molar-refractivity contribution in [1.29, 1.82) is 0 Å². The molecule has 1 unspecified atom stereocenters. The van der Waals surface area contributed by atoms with Crippen molar-refractivity contribution in [1.82, 2.24) is 0 Å². The van der Waals surface area contributed by atoms with Crippen molar-refractivity contribution in [3.8, 4) is 0 Å². The number of ether oxygens (including phenoxy) is 3. The van der Waals surface area contributed by atoms with Crippen molar-refractivity contribution < 1.29 is 34.3 Å². The third-order valence-corrected chi connectivity index (χ3v) is 2.41. The van der Waals surface area contributed by atoms with Crippen molar-refractivity contribution in [2.45, 2.75) is 13.8 Å². The lowest BCUT2D eigenvalue weighted by atomic mass is 9.94. The molecule has 0 rings (SSSR count). The van der Waals surface area contributed by atoms with Crippen LogP contribution >= 0.6 is 0 Å². The van der Waals surface area contributed by atoms with Crippen LogP contribution < -0.4 is 0 Å². The van der Waals surface area contributed by atoms with E-state index < -0.39 is 11.4 Å².